The molecule has 0 aromatic heterocycles. The van der Waals surface area contributed by atoms with Crippen LogP contribution in [-0.4, -0.2) is 20.9 Å². The van der Waals surface area contributed by atoms with Crippen LogP contribution < -0.4 is 14.8 Å². The average Bonchev–Trinajstić information content (AvgIpc) is 2.68. The first kappa shape index (κ1) is 21.7. The second-order valence-corrected chi connectivity index (χ2v) is 8.86. The van der Waals surface area contributed by atoms with E-state index in [2.05, 4.69) is 10.0 Å². The Morgan fingerprint density at radius 2 is 1.67 bits per heavy atom. The lowest BCUT2D eigenvalue weighted by molar-refractivity contribution is -0.118. The van der Waals surface area contributed by atoms with Crippen LogP contribution in [0, 0.1) is 13.8 Å². The summed E-state index contributed by atoms with van der Waals surface area (Å²) in [7, 11) is -3.81. The van der Waals surface area contributed by atoms with Crippen LogP contribution in [0.3, 0.4) is 0 Å². The molecule has 1 amide bonds. The molecule has 3 aromatic carbocycles. The number of rotatable bonds is 7. The molecule has 0 saturated heterocycles. The monoisotopic (exact) mass is 444 g/mol. The average molecular weight is 445 g/mol. The fourth-order valence-electron chi connectivity index (χ4n) is 2.66. The highest BCUT2D eigenvalue weighted by molar-refractivity contribution is 7.92. The van der Waals surface area contributed by atoms with Gasteiger partial charge in [-0.3, -0.25) is 9.52 Å². The lowest BCUT2D eigenvalue weighted by Gasteiger charge is -2.12. The summed E-state index contributed by atoms with van der Waals surface area (Å²) in [6.45, 7) is 3.58. The van der Waals surface area contributed by atoms with Crippen molar-refractivity contribution in [3.63, 3.8) is 0 Å². The van der Waals surface area contributed by atoms with E-state index in [1.54, 1.807) is 18.2 Å². The number of ether oxygens (including phenoxy) is 1. The lowest BCUT2D eigenvalue weighted by atomic mass is 10.2. The van der Waals surface area contributed by atoms with Gasteiger partial charge in [-0.15, -0.1) is 0 Å². The summed E-state index contributed by atoms with van der Waals surface area (Å²) < 4.78 is 33.1. The summed E-state index contributed by atoms with van der Waals surface area (Å²) in [6, 6.07) is 18.4. The molecule has 0 spiro atoms. The number of carbonyl (C=O) groups is 1. The van der Waals surface area contributed by atoms with Gasteiger partial charge >= 0.3 is 0 Å². The molecule has 2 N–H and O–H groups in total. The molecule has 0 heterocycles. The van der Waals surface area contributed by atoms with Crippen molar-refractivity contribution < 1.29 is 17.9 Å². The van der Waals surface area contributed by atoms with Gasteiger partial charge in [0.1, 0.15) is 5.75 Å². The Morgan fingerprint density at radius 3 is 2.33 bits per heavy atom. The minimum atomic E-state index is -3.81. The minimum absolute atomic E-state index is 0.00960. The van der Waals surface area contributed by atoms with E-state index in [0.717, 1.165) is 11.1 Å². The molecule has 0 atom stereocenters. The third-order valence-electron chi connectivity index (χ3n) is 4.18. The number of hydrogen-bond donors (Lipinski definition) is 2. The quantitative estimate of drug-likeness (QED) is 0.549. The number of sulfonamides is 1. The Kier molecular flexibility index (Phi) is 6.64. The summed E-state index contributed by atoms with van der Waals surface area (Å²) in [5.74, 6) is -0.139. The Labute approximate surface area is 180 Å². The van der Waals surface area contributed by atoms with Crippen LogP contribution in [0.4, 0.5) is 11.4 Å². The molecule has 0 fully saturated rings. The van der Waals surface area contributed by atoms with Crippen molar-refractivity contribution in [3.8, 4) is 5.75 Å². The zero-order valence-corrected chi connectivity index (χ0v) is 18.0. The first-order chi connectivity index (χ1) is 14.2. The number of hydrogen-bond acceptors (Lipinski definition) is 4. The Balaban J connectivity index is 1.64. The Hall–Kier alpha value is -3.03. The third kappa shape index (κ3) is 5.75. The van der Waals surface area contributed by atoms with Gasteiger partial charge in [0, 0.05) is 11.4 Å². The molecule has 156 valence electrons. The van der Waals surface area contributed by atoms with E-state index in [0.29, 0.717) is 11.4 Å². The van der Waals surface area contributed by atoms with Crippen molar-refractivity contribution in [2.24, 2.45) is 0 Å². The van der Waals surface area contributed by atoms with E-state index in [1.165, 1.54) is 18.2 Å². The number of amides is 1. The fraction of sp³-hybridized carbons (Fsp3) is 0.136. The lowest BCUT2D eigenvalue weighted by Crippen LogP contribution is -2.20. The van der Waals surface area contributed by atoms with Gasteiger partial charge in [-0.1, -0.05) is 41.4 Å². The molecular weight excluding hydrogens is 424 g/mol. The highest BCUT2D eigenvalue weighted by Crippen LogP contribution is 2.28. The van der Waals surface area contributed by atoms with E-state index >= 15 is 0 Å². The van der Waals surface area contributed by atoms with Crippen molar-refractivity contribution in [2.75, 3.05) is 16.6 Å². The Morgan fingerprint density at radius 1 is 0.933 bits per heavy atom. The second-order valence-electron chi connectivity index (χ2n) is 6.77. The first-order valence-corrected chi connectivity index (χ1v) is 11.0. The van der Waals surface area contributed by atoms with E-state index in [9.17, 15) is 13.2 Å². The predicted octanol–water partition coefficient (Wildman–Crippen LogP) is 4.78. The van der Waals surface area contributed by atoms with E-state index < -0.39 is 10.0 Å². The van der Waals surface area contributed by atoms with Gasteiger partial charge in [0.15, 0.2) is 6.61 Å². The molecule has 30 heavy (non-hydrogen) atoms. The van der Waals surface area contributed by atoms with Crippen LogP contribution in [0.25, 0.3) is 0 Å². The molecule has 0 unspecified atom stereocenters. The van der Waals surface area contributed by atoms with Crippen LogP contribution in [0.1, 0.15) is 11.1 Å². The standard InChI is InChI=1S/C22H21ClN2O4S/c1-15-6-8-17(9-7-15)25-30(27,28)19-10-11-21(20(23)13-19)29-14-22(26)24-18-5-3-4-16(2)12-18/h3-13,25H,14H2,1-2H3,(H,24,26). The van der Waals surface area contributed by atoms with Crippen molar-refractivity contribution in [3.05, 3.63) is 82.9 Å². The largest absolute Gasteiger partial charge is 0.482 e. The van der Waals surface area contributed by atoms with E-state index in [1.807, 2.05) is 44.2 Å². The maximum atomic E-state index is 12.6. The fourth-order valence-corrected chi connectivity index (χ4v) is 4.05. The van der Waals surface area contributed by atoms with E-state index in [-0.39, 0.29) is 28.2 Å². The molecule has 6 nitrogen and oxygen atoms in total. The van der Waals surface area contributed by atoms with Gasteiger partial charge in [0.05, 0.1) is 9.92 Å². The van der Waals surface area contributed by atoms with Crippen LogP contribution in [-0.2, 0) is 14.8 Å². The SMILES string of the molecule is Cc1ccc(NS(=O)(=O)c2ccc(OCC(=O)Nc3cccc(C)c3)c(Cl)c2)cc1. The number of nitrogens with one attached hydrogen (secondary N) is 2. The van der Waals surface area contributed by atoms with Gasteiger partial charge < -0.3 is 10.1 Å². The normalized spacial score (nSPS) is 11.0. The molecule has 0 radical (unpaired) electrons. The molecule has 0 saturated carbocycles. The van der Waals surface area contributed by atoms with Gasteiger partial charge in [-0.2, -0.15) is 0 Å². The van der Waals surface area contributed by atoms with Crippen molar-refractivity contribution >= 4 is 38.9 Å². The van der Waals surface area contributed by atoms with Gasteiger partial charge in [-0.05, 0) is 61.9 Å². The first-order valence-electron chi connectivity index (χ1n) is 9.11. The maximum Gasteiger partial charge on any atom is 0.262 e. The van der Waals surface area contributed by atoms with Crippen molar-refractivity contribution in [2.45, 2.75) is 18.7 Å². The number of halogens is 1. The zero-order chi connectivity index (χ0) is 21.7. The van der Waals surface area contributed by atoms with Crippen LogP contribution in [0.15, 0.2) is 71.6 Å². The summed E-state index contributed by atoms with van der Waals surface area (Å²) >= 11 is 6.17. The van der Waals surface area contributed by atoms with Gasteiger partial charge in [0.2, 0.25) is 0 Å². The van der Waals surface area contributed by atoms with E-state index in [4.69, 9.17) is 16.3 Å². The van der Waals surface area contributed by atoms with Crippen molar-refractivity contribution in [1.82, 2.24) is 0 Å². The number of anilines is 2. The highest BCUT2D eigenvalue weighted by atomic mass is 35.5. The molecule has 8 heteroatoms. The molecule has 0 bridgehead atoms. The van der Waals surface area contributed by atoms with Gasteiger partial charge in [-0.25, -0.2) is 8.42 Å². The Bertz CT molecular complexity index is 1160. The molecule has 0 aliphatic heterocycles. The summed E-state index contributed by atoms with van der Waals surface area (Å²) in [5.41, 5.74) is 3.16. The summed E-state index contributed by atoms with van der Waals surface area (Å²) in [4.78, 5) is 12.1. The molecule has 0 aliphatic carbocycles. The summed E-state index contributed by atoms with van der Waals surface area (Å²) in [6.07, 6.45) is 0. The number of benzene rings is 3. The number of aryl methyl sites for hydroxylation is 2. The molecule has 3 rings (SSSR count). The molecular formula is C22H21ClN2O4S. The minimum Gasteiger partial charge on any atom is -0.482 e. The zero-order valence-electron chi connectivity index (χ0n) is 16.5. The van der Waals surface area contributed by atoms with Crippen LogP contribution in [0.5, 0.6) is 5.75 Å². The molecule has 3 aromatic rings. The third-order valence-corrected chi connectivity index (χ3v) is 5.85. The molecule has 0 aliphatic rings. The smallest absolute Gasteiger partial charge is 0.262 e. The van der Waals surface area contributed by atoms with Crippen LogP contribution in [0.2, 0.25) is 5.02 Å². The predicted molar refractivity (Wildman–Crippen MR) is 119 cm³/mol. The highest BCUT2D eigenvalue weighted by Gasteiger charge is 2.17. The second kappa shape index (κ2) is 9.19. The van der Waals surface area contributed by atoms with Gasteiger partial charge in [0.25, 0.3) is 15.9 Å². The van der Waals surface area contributed by atoms with Crippen LogP contribution >= 0.6 is 11.6 Å². The number of carbonyl (C=O) groups excluding carboxylic acids is 1. The maximum absolute atomic E-state index is 12.6. The van der Waals surface area contributed by atoms with Crippen molar-refractivity contribution in [1.29, 1.82) is 0 Å². The summed E-state index contributed by atoms with van der Waals surface area (Å²) in [5, 5.41) is 2.81. The topological polar surface area (TPSA) is 84.5 Å².